The summed E-state index contributed by atoms with van der Waals surface area (Å²) in [6.07, 6.45) is 0.967. The molecule has 6 heteroatoms. The third kappa shape index (κ3) is 3.06. The highest BCUT2D eigenvalue weighted by Gasteiger charge is 2.40. The molecule has 0 amide bonds. The fourth-order valence-electron chi connectivity index (χ4n) is 3.51. The predicted molar refractivity (Wildman–Crippen MR) is 86.0 cm³/mol. The number of rotatable bonds is 4. The second kappa shape index (κ2) is 6.28. The molecule has 2 atom stereocenters. The largest absolute Gasteiger partial charge is 0.390 e. The van der Waals surface area contributed by atoms with Crippen molar-refractivity contribution in [2.45, 2.75) is 38.5 Å². The van der Waals surface area contributed by atoms with E-state index in [0.717, 1.165) is 19.5 Å². The van der Waals surface area contributed by atoms with E-state index in [9.17, 15) is 13.5 Å². The van der Waals surface area contributed by atoms with Crippen LogP contribution < -0.4 is 0 Å². The molecule has 2 heterocycles. The fraction of sp³-hybridized carbons (Fsp3) is 0.625. The number of hydrogen-bond acceptors (Lipinski definition) is 4. The summed E-state index contributed by atoms with van der Waals surface area (Å²) >= 11 is 0. The second-order valence-corrected chi connectivity index (χ2v) is 8.35. The molecule has 1 fully saturated rings. The van der Waals surface area contributed by atoms with Crippen molar-refractivity contribution in [2.24, 2.45) is 0 Å². The van der Waals surface area contributed by atoms with Crippen LogP contribution in [0.25, 0.3) is 0 Å². The van der Waals surface area contributed by atoms with Gasteiger partial charge in [-0.2, -0.15) is 4.31 Å². The summed E-state index contributed by atoms with van der Waals surface area (Å²) in [7, 11) is -3.23. The van der Waals surface area contributed by atoms with Crippen molar-refractivity contribution in [3.05, 3.63) is 35.4 Å². The molecular weight excluding hydrogens is 300 g/mol. The Morgan fingerprint density at radius 3 is 2.68 bits per heavy atom. The average molecular weight is 324 g/mol. The first-order valence-electron chi connectivity index (χ1n) is 7.98. The predicted octanol–water partition coefficient (Wildman–Crippen LogP) is 0.830. The maximum Gasteiger partial charge on any atom is 0.214 e. The van der Waals surface area contributed by atoms with Crippen molar-refractivity contribution in [2.75, 3.05) is 25.4 Å². The maximum atomic E-state index is 12.2. The van der Waals surface area contributed by atoms with Gasteiger partial charge in [0.15, 0.2) is 0 Å². The first kappa shape index (κ1) is 15.9. The van der Waals surface area contributed by atoms with Gasteiger partial charge in [0.2, 0.25) is 10.0 Å². The molecule has 3 rings (SSSR count). The van der Waals surface area contributed by atoms with E-state index >= 15 is 0 Å². The molecule has 1 aromatic carbocycles. The third-order valence-corrected chi connectivity index (χ3v) is 6.72. The van der Waals surface area contributed by atoms with E-state index in [1.54, 1.807) is 0 Å². The van der Waals surface area contributed by atoms with Gasteiger partial charge in [0, 0.05) is 26.2 Å². The second-order valence-electron chi connectivity index (χ2n) is 6.26. The van der Waals surface area contributed by atoms with Crippen LogP contribution in [-0.2, 0) is 23.0 Å². The van der Waals surface area contributed by atoms with Gasteiger partial charge in [0.25, 0.3) is 0 Å². The summed E-state index contributed by atoms with van der Waals surface area (Å²) in [4.78, 5) is 2.23. The standard InChI is InChI=1S/C16H24N2O3S/c1-2-9-22(20,21)18-11-15(16(19)12-18)17-8-7-13-5-3-4-6-14(13)10-17/h3-6,15-16,19H,2,7-12H2,1H3/t15-,16-/m1/s1. The van der Waals surface area contributed by atoms with Crippen LogP contribution in [0, 0.1) is 0 Å². The summed E-state index contributed by atoms with van der Waals surface area (Å²) in [5.74, 6) is 0.162. The van der Waals surface area contributed by atoms with Crippen molar-refractivity contribution < 1.29 is 13.5 Å². The van der Waals surface area contributed by atoms with E-state index in [1.165, 1.54) is 15.4 Å². The number of sulfonamides is 1. The third-order valence-electron chi connectivity index (χ3n) is 4.71. The van der Waals surface area contributed by atoms with Crippen molar-refractivity contribution in [3.63, 3.8) is 0 Å². The molecule has 22 heavy (non-hydrogen) atoms. The lowest BCUT2D eigenvalue weighted by Gasteiger charge is -2.34. The molecule has 5 nitrogen and oxygen atoms in total. The van der Waals surface area contributed by atoms with Gasteiger partial charge in [-0.3, -0.25) is 4.90 Å². The number of aliphatic hydroxyl groups excluding tert-OH is 1. The summed E-state index contributed by atoms with van der Waals surface area (Å²) in [5, 5.41) is 10.3. The van der Waals surface area contributed by atoms with Gasteiger partial charge in [-0.25, -0.2) is 8.42 Å². The average Bonchev–Trinajstić information content (AvgIpc) is 2.89. The van der Waals surface area contributed by atoms with Crippen LogP contribution in [0.15, 0.2) is 24.3 Å². The molecule has 0 saturated carbocycles. The Bertz CT molecular complexity index is 632. The Labute approximate surface area is 132 Å². The minimum Gasteiger partial charge on any atom is -0.390 e. The normalized spacial score (nSPS) is 27.0. The zero-order valence-electron chi connectivity index (χ0n) is 13.0. The Balaban J connectivity index is 1.72. The molecule has 1 aromatic rings. The van der Waals surface area contributed by atoms with E-state index in [0.29, 0.717) is 13.0 Å². The van der Waals surface area contributed by atoms with E-state index in [4.69, 9.17) is 0 Å². The maximum absolute atomic E-state index is 12.2. The van der Waals surface area contributed by atoms with Crippen LogP contribution >= 0.6 is 0 Å². The Kier molecular flexibility index (Phi) is 4.54. The molecule has 0 aliphatic carbocycles. The Hall–Kier alpha value is -0.950. The number of hydrogen-bond donors (Lipinski definition) is 1. The summed E-state index contributed by atoms with van der Waals surface area (Å²) in [5.41, 5.74) is 2.65. The minimum atomic E-state index is -3.23. The first-order chi connectivity index (χ1) is 10.5. The van der Waals surface area contributed by atoms with Crippen molar-refractivity contribution >= 4 is 10.0 Å². The summed E-state index contributed by atoms with van der Waals surface area (Å²) < 4.78 is 25.9. The van der Waals surface area contributed by atoms with Gasteiger partial charge >= 0.3 is 0 Å². The quantitative estimate of drug-likeness (QED) is 0.891. The van der Waals surface area contributed by atoms with Gasteiger partial charge in [-0.1, -0.05) is 31.2 Å². The highest BCUT2D eigenvalue weighted by molar-refractivity contribution is 7.89. The molecule has 2 aliphatic heterocycles. The van der Waals surface area contributed by atoms with Crippen LogP contribution in [0.1, 0.15) is 24.5 Å². The highest BCUT2D eigenvalue weighted by Crippen LogP contribution is 2.26. The van der Waals surface area contributed by atoms with Crippen molar-refractivity contribution in [3.8, 4) is 0 Å². The number of β-amino-alcohol motifs (C(OH)–C–C–N with tert-alkyl or cyclic N) is 1. The molecular formula is C16H24N2O3S. The number of benzene rings is 1. The van der Waals surface area contributed by atoms with Crippen LogP contribution in [0.5, 0.6) is 0 Å². The lowest BCUT2D eigenvalue weighted by Crippen LogP contribution is -2.45. The van der Waals surface area contributed by atoms with Crippen LogP contribution in [0.4, 0.5) is 0 Å². The topological polar surface area (TPSA) is 60.9 Å². The number of fused-ring (bicyclic) bond motifs is 1. The molecule has 2 aliphatic rings. The minimum absolute atomic E-state index is 0.0972. The molecule has 1 N–H and O–H groups in total. The van der Waals surface area contributed by atoms with E-state index in [1.807, 2.05) is 13.0 Å². The smallest absolute Gasteiger partial charge is 0.214 e. The molecule has 0 radical (unpaired) electrons. The lowest BCUT2D eigenvalue weighted by atomic mass is 9.98. The lowest BCUT2D eigenvalue weighted by molar-refractivity contribution is 0.0746. The van der Waals surface area contributed by atoms with Crippen LogP contribution in [-0.4, -0.2) is 60.3 Å². The fourth-order valence-corrected chi connectivity index (χ4v) is 5.04. The summed E-state index contributed by atoms with van der Waals surface area (Å²) in [6, 6.07) is 8.26. The van der Waals surface area contributed by atoms with Gasteiger partial charge in [0.1, 0.15) is 0 Å². The van der Waals surface area contributed by atoms with Gasteiger partial charge in [0.05, 0.1) is 17.9 Å². The Morgan fingerprint density at radius 2 is 1.95 bits per heavy atom. The van der Waals surface area contributed by atoms with E-state index in [2.05, 4.69) is 23.1 Å². The van der Waals surface area contributed by atoms with Gasteiger partial charge < -0.3 is 5.11 Å². The molecule has 1 saturated heterocycles. The SMILES string of the molecule is CCCS(=O)(=O)N1C[C@@H](O)[C@H](N2CCc3ccccc3C2)C1. The van der Waals surface area contributed by atoms with Crippen molar-refractivity contribution in [1.82, 2.24) is 9.21 Å². The summed E-state index contributed by atoms with van der Waals surface area (Å²) in [6.45, 7) is 4.17. The monoisotopic (exact) mass is 324 g/mol. The molecule has 0 unspecified atom stereocenters. The zero-order chi connectivity index (χ0) is 15.7. The van der Waals surface area contributed by atoms with Crippen LogP contribution in [0.3, 0.4) is 0 Å². The van der Waals surface area contributed by atoms with Gasteiger partial charge in [-0.15, -0.1) is 0 Å². The molecule has 0 aromatic heterocycles. The van der Waals surface area contributed by atoms with Gasteiger partial charge in [-0.05, 0) is 24.0 Å². The molecule has 0 bridgehead atoms. The Morgan fingerprint density at radius 1 is 1.23 bits per heavy atom. The van der Waals surface area contributed by atoms with E-state index in [-0.39, 0.29) is 18.3 Å². The molecule has 122 valence electrons. The van der Waals surface area contributed by atoms with Crippen LogP contribution in [0.2, 0.25) is 0 Å². The number of aliphatic hydroxyl groups is 1. The highest BCUT2D eigenvalue weighted by atomic mass is 32.2. The zero-order valence-corrected chi connectivity index (χ0v) is 13.8. The first-order valence-corrected chi connectivity index (χ1v) is 9.59. The number of nitrogens with zero attached hydrogens (tertiary/aromatic N) is 2. The van der Waals surface area contributed by atoms with E-state index < -0.39 is 16.1 Å². The van der Waals surface area contributed by atoms with Crippen molar-refractivity contribution in [1.29, 1.82) is 0 Å². The molecule has 0 spiro atoms.